The van der Waals surface area contributed by atoms with Crippen LogP contribution in [0.3, 0.4) is 0 Å². The van der Waals surface area contributed by atoms with Gasteiger partial charge in [-0.2, -0.15) is 4.98 Å². The number of aromatic nitrogens is 3. The van der Waals surface area contributed by atoms with Crippen molar-refractivity contribution in [2.24, 2.45) is 0 Å². The zero-order chi connectivity index (χ0) is 17.1. The summed E-state index contributed by atoms with van der Waals surface area (Å²) in [5, 5.41) is 3.09. The molecule has 0 unspecified atom stereocenters. The molecule has 0 bridgehead atoms. The van der Waals surface area contributed by atoms with E-state index >= 15 is 0 Å². The quantitative estimate of drug-likeness (QED) is 0.757. The molecule has 2 heterocycles. The molecule has 0 saturated heterocycles. The predicted molar refractivity (Wildman–Crippen MR) is 94.7 cm³/mol. The van der Waals surface area contributed by atoms with Crippen molar-refractivity contribution in [3.8, 4) is 11.6 Å². The summed E-state index contributed by atoms with van der Waals surface area (Å²) in [7, 11) is 0. The zero-order valence-corrected chi connectivity index (χ0v) is 13.9. The largest absolute Gasteiger partial charge is 0.437 e. The molecule has 0 aliphatic rings. The second-order valence-electron chi connectivity index (χ2n) is 5.66. The van der Waals surface area contributed by atoms with Gasteiger partial charge in [0.2, 0.25) is 5.88 Å². The lowest BCUT2D eigenvalue weighted by molar-refractivity contribution is 0.464. The van der Waals surface area contributed by atoms with Gasteiger partial charge < -0.3 is 15.8 Å². The Kier molecular flexibility index (Phi) is 4.29. The maximum Gasteiger partial charge on any atom is 0.248 e. The molecule has 122 valence electrons. The van der Waals surface area contributed by atoms with E-state index in [9.17, 15) is 0 Å². The standard InChI is InChI=1S/C18H19N5O/c1-11-7-12(2)9-14(8-11)24-18-16(19)17(20-10-21-18)23-15-6-4-5-13(3)22-15/h4-10H,19H2,1-3H3,(H,20,21,22,23). The fourth-order valence-corrected chi connectivity index (χ4v) is 2.40. The molecule has 3 N–H and O–H groups in total. The molecule has 2 aromatic heterocycles. The Morgan fingerprint density at radius 1 is 1.00 bits per heavy atom. The SMILES string of the molecule is Cc1cc(C)cc(Oc2ncnc(Nc3cccc(C)n3)c2N)c1. The van der Waals surface area contributed by atoms with E-state index in [0.29, 0.717) is 29.0 Å². The monoisotopic (exact) mass is 321 g/mol. The average molecular weight is 321 g/mol. The summed E-state index contributed by atoms with van der Waals surface area (Å²) in [6.07, 6.45) is 1.41. The third kappa shape index (κ3) is 3.60. The molecule has 0 atom stereocenters. The summed E-state index contributed by atoms with van der Waals surface area (Å²) < 4.78 is 5.84. The van der Waals surface area contributed by atoms with Gasteiger partial charge in [-0.3, -0.25) is 0 Å². The number of pyridine rings is 1. The first kappa shape index (κ1) is 15.7. The lowest BCUT2D eigenvalue weighted by Crippen LogP contribution is -2.04. The number of rotatable bonds is 4. The van der Waals surface area contributed by atoms with Crippen LogP contribution in [0.4, 0.5) is 17.3 Å². The first-order chi connectivity index (χ1) is 11.5. The molecular weight excluding hydrogens is 302 g/mol. The second kappa shape index (κ2) is 6.54. The normalized spacial score (nSPS) is 10.5. The number of nitrogen functional groups attached to an aromatic ring is 1. The minimum atomic E-state index is 0.310. The van der Waals surface area contributed by atoms with Crippen molar-refractivity contribution in [2.75, 3.05) is 11.1 Å². The number of nitrogens with one attached hydrogen (secondary N) is 1. The van der Waals surface area contributed by atoms with E-state index in [1.165, 1.54) is 6.33 Å². The molecule has 0 amide bonds. The maximum absolute atomic E-state index is 6.15. The van der Waals surface area contributed by atoms with Gasteiger partial charge in [-0.15, -0.1) is 0 Å². The van der Waals surface area contributed by atoms with Crippen molar-refractivity contribution in [1.29, 1.82) is 0 Å². The van der Waals surface area contributed by atoms with Crippen LogP contribution in [0.25, 0.3) is 0 Å². The fourth-order valence-electron chi connectivity index (χ4n) is 2.40. The molecule has 0 fully saturated rings. The Morgan fingerprint density at radius 2 is 1.75 bits per heavy atom. The Hall–Kier alpha value is -3.15. The van der Waals surface area contributed by atoms with Crippen molar-refractivity contribution in [1.82, 2.24) is 15.0 Å². The van der Waals surface area contributed by atoms with Crippen molar-refractivity contribution < 1.29 is 4.74 Å². The lowest BCUT2D eigenvalue weighted by atomic mass is 10.1. The molecule has 24 heavy (non-hydrogen) atoms. The Balaban J connectivity index is 1.88. The topological polar surface area (TPSA) is 86.0 Å². The highest BCUT2D eigenvalue weighted by Crippen LogP contribution is 2.31. The summed E-state index contributed by atoms with van der Waals surface area (Å²) >= 11 is 0. The minimum absolute atomic E-state index is 0.310. The van der Waals surface area contributed by atoms with Gasteiger partial charge >= 0.3 is 0 Å². The Labute approximate surface area is 140 Å². The van der Waals surface area contributed by atoms with Gasteiger partial charge in [0.15, 0.2) is 5.82 Å². The molecule has 0 aliphatic carbocycles. The summed E-state index contributed by atoms with van der Waals surface area (Å²) in [5.74, 6) is 2.13. The molecule has 0 spiro atoms. The summed E-state index contributed by atoms with van der Waals surface area (Å²) in [6, 6.07) is 11.6. The van der Waals surface area contributed by atoms with E-state index in [-0.39, 0.29) is 0 Å². The highest BCUT2D eigenvalue weighted by atomic mass is 16.5. The molecule has 3 rings (SSSR count). The van der Waals surface area contributed by atoms with Crippen LogP contribution in [0, 0.1) is 20.8 Å². The van der Waals surface area contributed by atoms with Gasteiger partial charge in [-0.25, -0.2) is 9.97 Å². The number of aryl methyl sites for hydroxylation is 3. The van der Waals surface area contributed by atoms with Gasteiger partial charge in [0.05, 0.1) is 0 Å². The number of benzene rings is 1. The van der Waals surface area contributed by atoms with Crippen LogP contribution in [0.5, 0.6) is 11.6 Å². The van der Waals surface area contributed by atoms with Crippen LogP contribution in [0.2, 0.25) is 0 Å². The van der Waals surface area contributed by atoms with Crippen LogP contribution < -0.4 is 15.8 Å². The van der Waals surface area contributed by atoms with E-state index in [0.717, 1.165) is 16.8 Å². The van der Waals surface area contributed by atoms with E-state index in [1.54, 1.807) is 0 Å². The van der Waals surface area contributed by atoms with Gasteiger partial charge in [-0.1, -0.05) is 12.1 Å². The van der Waals surface area contributed by atoms with Crippen LogP contribution >= 0.6 is 0 Å². The third-order valence-electron chi connectivity index (χ3n) is 3.39. The van der Waals surface area contributed by atoms with Crippen LogP contribution in [-0.4, -0.2) is 15.0 Å². The van der Waals surface area contributed by atoms with E-state index < -0.39 is 0 Å². The van der Waals surface area contributed by atoms with Gasteiger partial charge in [0, 0.05) is 5.69 Å². The molecule has 0 radical (unpaired) electrons. The number of ether oxygens (including phenoxy) is 1. The fraction of sp³-hybridized carbons (Fsp3) is 0.167. The summed E-state index contributed by atoms with van der Waals surface area (Å²) in [4.78, 5) is 12.7. The predicted octanol–water partition coefficient (Wildman–Crippen LogP) is 3.91. The van der Waals surface area contributed by atoms with Crippen LogP contribution in [0.15, 0.2) is 42.7 Å². The lowest BCUT2D eigenvalue weighted by Gasteiger charge is -2.12. The first-order valence-electron chi connectivity index (χ1n) is 7.58. The molecule has 0 aliphatic heterocycles. The molecule has 6 heteroatoms. The van der Waals surface area contributed by atoms with Gasteiger partial charge in [0.25, 0.3) is 0 Å². The second-order valence-corrected chi connectivity index (χ2v) is 5.66. The Bertz CT molecular complexity index is 859. The van der Waals surface area contributed by atoms with Gasteiger partial charge in [-0.05, 0) is 56.2 Å². The Morgan fingerprint density at radius 3 is 2.46 bits per heavy atom. The number of hydrogen-bond acceptors (Lipinski definition) is 6. The average Bonchev–Trinajstić information content (AvgIpc) is 2.50. The van der Waals surface area contributed by atoms with E-state index in [4.69, 9.17) is 10.5 Å². The number of nitrogens with zero attached hydrogens (tertiary/aromatic N) is 3. The van der Waals surface area contributed by atoms with Crippen molar-refractivity contribution in [3.63, 3.8) is 0 Å². The first-order valence-corrected chi connectivity index (χ1v) is 7.58. The maximum atomic E-state index is 6.15. The van der Waals surface area contributed by atoms with Crippen LogP contribution in [0.1, 0.15) is 16.8 Å². The highest BCUT2D eigenvalue weighted by molar-refractivity contribution is 5.71. The number of nitrogens with two attached hydrogens (primary N) is 1. The summed E-state index contributed by atoms with van der Waals surface area (Å²) in [5.41, 5.74) is 9.61. The van der Waals surface area contributed by atoms with Crippen molar-refractivity contribution >= 4 is 17.3 Å². The third-order valence-corrected chi connectivity index (χ3v) is 3.39. The van der Waals surface area contributed by atoms with Gasteiger partial charge in [0.1, 0.15) is 23.6 Å². The molecule has 6 nitrogen and oxygen atoms in total. The summed E-state index contributed by atoms with van der Waals surface area (Å²) in [6.45, 7) is 5.95. The van der Waals surface area contributed by atoms with Crippen molar-refractivity contribution in [3.05, 3.63) is 59.5 Å². The minimum Gasteiger partial charge on any atom is -0.437 e. The molecule has 3 aromatic rings. The zero-order valence-electron chi connectivity index (χ0n) is 13.9. The molecule has 0 saturated carbocycles. The molecular formula is C18H19N5O. The number of hydrogen-bond donors (Lipinski definition) is 2. The van der Waals surface area contributed by atoms with E-state index in [2.05, 4.69) is 26.3 Å². The van der Waals surface area contributed by atoms with Crippen molar-refractivity contribution in [2.45, 2.75) is 20.8 Å². The van der Waals surface area contributed by atoms with Crippen LogP contribution in [-0.2, 0) is 0 Å². The van der Waals surface area contributed by atoms with E-state index in [1.807, 2.05) is 51.1 Å². The smallest absolute Gasteiger partial charge is 0.248 e. The molecule has 1 aromatic carbocycles. The number of anilines is 3. The highest BCUT2D eigenvalue weighted by Gasteiger charge is 2.11.